The average molecular weight is 226 g/mol. The number of hydrogen-bond acceptors (Lipinski definition) is 4. The molecule has 15 heavy (non-hydrogen) atoms. The molecule has 0 saturated heterocycles. The smallest absolute Gasteiger partial charge is 0.0795 e. The van der Waals surface area contributed by atoms with Crippen LogP contribution < -0.4 is 0 Å². The molecule has 1 aliphatic carbocycles. The van der Waals surface area contributed by atoms with E-state index in [2.05, 4.69) is 22.3 Å². The third-order valence-corrected chi connectivity index (χ3v) is 3.65. The third-order valence-electron chi connectivity index (χ3n) is 3.01. The predicted octanol–water partition coefficient (Wildman–Crippen LogP) is 1.88. The molecule has 0 unspecified atom stereocenters. The zero-order chi connectivity index (χ0) is 10.7. The number of aromatic nitrogens is 1. The van der Waals surface area contributed by atoms with Crippen LogP contribution in [0.5, 0.6) is 0 Å². The Morgan fingerprint density at radius 3 is 2.87 bits per heavy atom. The molecule has 2 rings (SSSR count). The molecule has 0 radical (unpaired) electrons. The van der Waals surface area contributed by atoms with Crippen LogP contribution in [0.4, 0.5) is 0 Å². The van der Waals surface area contributed by atoms with Crippen molar-refractivity contribution in [2.24, 2.45) is 0 Å². The predicted molar refractivity (Wildman–Crippen MR) is 61.9 cm³/mol. The van der Waals surface area contributed by atoms with Crippen LogP contribution in [0.25, 0.3) is 0 Å². The zero-order valence-electron chi connectivity index (χ0n) is 9.15. The summed E-state index contributed by atoms with van der Waals surface area (Å²) in [5.74, 6) is 0. The van der Waals surface area contributed by atoms with E-state index < -0.39 is 5.60 Å². The molecule has 1 aromatic heterocycles. The quantitative estimate of drug-likeness (QED) is 0.851. The minimum atomic E-state index is -0.440. The van der Waals surface area contributed by atoms with Gasteiger partial charge in [0.2, 0.25) is 0 Å². The first kappa shape index (κ1) is 11.0. The maximum absolute atomic E-state index is 10.2. The van der Waals surface area contributed by atoms with E-state index >= 15 is 0 Å². The second kappa shape index (κ2) is 4.60. The van der Waals surface area contributed by atoms with Gasteiger partial charge in [-0.15, -0.1) is 11.3 Å². The summed E-state index contributed by atoms with van der Waals surface area (Å²) in [5.41, 5.74) is 2.52. The normalized spacial score (nSPS) is 19.9. The second-order valence-corrected chi connectivity index (χ2v) is 5.30. The number of nitrogens with zero attached hydrogens (tertiary/aromatic N) is 2. The van der Waals surface area contributed by atoms with Crippen LogP contribution in [-0.4, -0.2) is 34.2 Å². The molecule has 1 fully saturated rings. The summed E-state index contributed by atoms with van der Waals surface area (Å²) in [6, 6.07) is 0. The first-order chi connectivity index (χ1) is 7.18. The van der Waals surface area contributed by atoms with Gasteiger partial charge in [0, 0.05) is 18.5 Å². The van der Waals surface area contributed by atoms with E-state index in [0.29, 0.717) is 0 Å². The summed E-state index contributed by atoms with van der Waals surface area (Å²) < 4.78 is 0. The Bertz CT molecular complexity index is 294. The fraction of sp³-hybridized carbons (Fsp3) is 0.727. The largest absolute Gasteiger partial charge is 0.389 e. The van der Waals surface area contributed by atoms with Crippen molar-refractivity contribution in [1.29, 1.82) is 0 Å². The summed E-state index contributed by atoms with van der Waals surface area (Å²) >= 11 is 1.62. The second-order valence-electron chi connectivity index (χ2n) is 4.58. The van der Waals surface area contributed by atoms with Crippen molar-refractivity contribution in [1.82, 2.24) is 9.88 Å². The van der Waals surface area contributed by atoms with Gasteiger partial charge in [0.1, 0.15) is 0 Å². The van der Waals surface area contributed by atoms with Crippen molar-refractivity contribution in [3.8, 4) is 0 Å². The zero-order valence-corrected chi connectivity index (χ0v) is 9.96. The summed E-state index contributed by atoms with van der Waals surface area (Å²) in [7, 11) is 2.05. The SMILES string of the molecule is CN(Cc1cscn1)CC1(O)CCCC1. The summed E-state index contributed by atoms with van der Waals surface area (Å²) in [4.78, 5) is 6.42. The van der Waals surface area contributed by atoms with Crippen LogP contribution in [0.2, 0.25) is 0 Å². The molecule has 84 valence electrons. The first-order valence-electron chi connectivity index (χ1n) is 5.46. The van der Waals surface area contributed by atoms with Crippen molar-refractivity contribution in [3.63, 3.8) is 0 Å². The molecular formula is C11H18N2OS. The van der Waals surface area contributed by atoms with Gasteiger partial charge >= 0.3 is 0 Å². The van der Waals surface area contributed by atoms with Gasteiger partial charge in [0.25, 0.3) is 0 Å². The van der Waals surface area contributed by atoms with Gasteiger partial charge in [-0.25, -0.2) is 4.98 Å². The molecule has 1 aromatic rings. The van der Waals surface area contributed by atoms with Gasteiger partial charge in [0.05, 0.1) is 16.8 Å². The van der Waals surface area contributed by atoms with Crippen LogP contribution >= 0.6 is 11.3 Å². The van der Waals surface area contributed by atoms with Crippen molar-refractivity contribution < 1.29 is 5.11 Å². The lowest BCUT2D eigenvalue weighted by molar-refractivity contribution is 0.0143. The van der Waals surface area contributed by atoms with Gasteiger partial charge in [-0.1, -0.05) is 12.8 Å². The van der Waals surface area contributed by atoms with E-state index in [9.17, 15) is 5.11 Å². The highest BCUT2D eigenvalue weighted by Crippen LogP contribution is 2.30. The standard InChI is InChI=1S/C11H18N2OS/c1-13(6-10-7-15-9-12-10)8-11(14)4-2-3-5-11/h7,9,14H,2-6,8H2,1H3. The number of hydrogen-bond donors (Lipinski definition) is 1. The summed E-state index contributed by atoms with van der Waals surface area (Å²) in [5, 5.41) is 12.3. The molecule has 1 N–H and O–H groups in total. The van der Waals surface area contributed by atoms with E-state index in [4.69, 9.17) is 0 Å². The van der Waals surface area contributed by atoms with Gasteiger partial charge in [-0.3, -0.25) is 4.90 Å². The highest BCUT2D eigenvalue weighted by Gasteiger charge is 2.32. The fourth-order valence-corrected chi connectivity index (χ4v) is 2.89. The van der Waals surface area contributed by atoms with Gasteiger partial charge < -0.3 is 5.11 Å². The lowest BCUT2D eigenvalue weighted by Crippen LogP contribution is -2.38. The van der Waals surface area contributed by atoms with E-state index in [1.165, 1.54) is 12.8 Å². The maximum Gasteiger partial charge on any atom is 0.0795 e. The number of aliphatic hydroxyl groups is 1. The molecule has 1 aliphatic rings. The van der Waals surface area contributed by atoms with E-state index in [-0.39, 0.29) is 0 Å². The molecule has 4 heteroatoms. The molecule has 0 bridgehead atoms. The molecular weight excluding hydrogens is 208 g/mol. The minimum absolute atomic E-state index is 0.440. The van der Waals surface area contributed by atoms with E-state index in [1.807, 2.05) is 5.51 Å². The Balaban J connectivity index is 1.84. The lowest BCUT2D eigenvalue weighted by Gasteiger charge is -2.28. The van der Waals surface area contributed by atoms with Gasteiger partial charge in [0.15, 0.2) is 0 Å². The molecule has 0 aliphatic heterocycles. The monoisotopic (exact) mass is 226 g/mol. The Hall–Kier alpha value is -0.450. The van der Waals surface area contributed by atoms with Crippen LogP contribution in [0.3, 0.4) is 0 Å². The van der Waals surface area contributed by atoms with Crippen molar-refractivity contribution in [2.75, 3.05) is 13.6 Å². The molecule has 1 saturated carbocycles. The lowest BCUT2D eigenvalue weighted by atomic mass is 10.0. The Morgan fingerprint density at radius 1 is 1.53 bits per heavy atom. The van der Waals surface area contributed by atoms with Crippen LogP contribution in [0, 0.1) is 0 Å². The van der Waals surface area contributed by atoms with Crippen LogP contribution in [-0.2, 0) is 6.54 Å². The highest BCUT2D eigenvalue weighted by atomic mass is 32.1. The minimum Gasteiger partial charge on any atom is -0.389 e. The van der Waals surface area contributed by atoms with Crippen molar-refractivity contribution >= 4 is 11.3 Å². The Kier molecular flexibility index (Phi) is 3.38. The molecule has 0 atom stereocenters. The first-order valence-corrected chi connectivity index (χ1v) is 6.40. The fourth-order valence-electron chi connectivity index (χ4n) is 2.34. The molecule has 0 aromatic carbocycles. The van der Waals surface area contributed by atoms with Gasteiger partial charge in [-0.05, 0) is 19.9 Å². The summed E-state index contributed by atoms with van der Waals surface area (Å²) in [6.45, 7) is 1.61. The molecule has 0 amide bonds. The maximum atomic E-state index is 10.2. The molecule has 1 heterocycles. The summed E-state index contributed by atoms with van der Waals surface area (Å²) in [6.07, 6.45) is 4.24. The highest BCUT2D eigenvalue weighted by molar-refractivity contribution is 7.07. The molecule has 0 spiro atoms. The van der Waals surface area contributed by atoms with Crippen LogP contribution in [0.1, 0.15) is 31.4 Å². The Labute approximate surface area is 94.8 Å². The number of rotatable bonds is 4. The molecule has 3 nitrogen and oxygen atoms in total. The van der Waals surface area contributed by atoms with Crippen LogP contribution in [0.15, 0.2) is 10.9 Å². The van der Waals surface area contributed by atoms with E-state index in [0.717, 1.165) is 31.6 Å². The van der Waals surface area contributed by atoms with Crippen molar-refractivity contribution in [3.05, 3.63) is 16.6 Å². The average Bonchev–Trinajstić information content (AvgIpc) is 2.76. The third kappa shape index (κ3) is 3.00. The number of likely N-dealkylation sites (N-methyl/N-ethyl adjacent to an activating group) is 1. The Morgan fingerprint density at radius 2 is 2.27 bits per heavy atom. The number of thiazole rings is 1. The van der Waals surface area contributed by atoms with Crippen molar-refractivity contribution in [2.45, 2.75) is 37.8 Å². The topological polar surface area (TPSA) is 36.4 Å². The van der Waals surface area contributed by atoms with Gasteiger partial charge in [-0.2, -0.15) is 0 Å². The van der Waals surface area contributed by atoms with E-state index in [1.54, 1.807) is 11.3 Å².